The minimum atomic E-state index is -0.427. The van der Waals surface area contributed by atoms with Crippen molar-refractivity contribution in [3.8, 4) is 0 Å². The molecule has 0 atom stereocenters. The lowest BCUT2D eigenvalue weighted by atomic mass is 9.98. The predicted octanol–water partition coefficient (Wildman–Crippen LogP) is 3.80. The van der Waals surface area contributed by atoms with Crippen LogP contribution in [0.3, 0.4) is 0 Å². The van der Waals surface area contributed by atoms with Crippen LogP contribution >= 0.6 is 0 Å². The molecule has 2 N–H and O–H groups in total. The molecule has 7 nitrogen and oxygen atoms in total. The van der Waals surface area contributed by atoms with Crippen molar-refractivity contribution >= 4 is 11.4 Å². The van der Waals surface area contributed by atoms with E-state index in [-0.39, 0.29) is 18.8 Å². The summed E-state index contributed by atoms with van der Waals surface area (Å²) in [5, 5.41) is 28.3. The first-order valence-electron chi connectivity index (χ1n) is 9.63. The first-order valence-corrected chi connectivity index (χ1v) is 9.63. The second-order valence-corrected chi connectivity index (χ2v) is 7.24. The molecule has 0 saturated carbocycles. The third-order valence-electron chi connectivity index (χ3n) is 4.94. The topological polar surface area (TPSA) is 96.4 Å². The second kappa shape index (κ2) is 8.87. The molecule has 7 heteroatoms. The lowest BCUT2D eigenvalue weighted by Gasteiger charge is -2.08. The van der Waals surface area contributed by atoms with Crippen LogP contribution < -0.4 is 5.56 Å². The van der Waals surface area contributed by atoms with Crippen LogP contribution in [-0.2, 0) is 19.4 Å². The summed E-state index contributed by atoms with van der Waals surface area (Å²) in [6.45, 7) is 5.80. The first-order chi connectivity index (χ1) is 13.9. The fourth-order valence-electron chi connectivity index (χ4n) is 3.30. The number of rotatable bonds is 7. The average Bonchev–Trinajstić information content (AvgIpc) is 2.96. The Morgan fingerprint density at radius 1 is 1.14 bits per heavy atom. The number of nitrogens with one attached hydrogen (secondary N) is 1. The zero-order valence-electron chi connectivity index (χ0n) is 17.0. The van der Waals surface area contributed by atoms with Crippen molar-refractivity contribution in [3.63, 3.8) is 0 Å². The van der Waals surface area contributed by atoms with Crippen molar-refractivity contribution in [1.29, 1.82) is 0 Å². The van der Waals surface area contributed by atoms with Gasteiger partial charge in [-0.05, 0) is 55.2 Å². The van der Waals surface area contributed by atoms with Crippen molar-refractivity contribution in [2.24, 2.45) is 5.11 Å². The summed E-state index contributed by atoms with van der Waals surface area (Å²) in [6, 6.07) is 13.7. The normalized spacial score (nSPS) is 11.8. The standard InChI is InChI=1S/C22H26N4O3/c1-15-7-8-16(2)19(13-15)10-9-18-5-4-6-20(14-18)26(29)24-21-17(3)23-25(11-12-27)22(21)28/h4-8,13-14,23,27H,9-12H2,1-3H3. The van der Waals surface area contributed by atoms with Gasteiger partial charge in [0, 0.05) is 17.2 Å². The average molecular weight is 394 g/mol. The van der Waals surface area contributed by atoms with Crippen LogP contribution in [0.2, 0.25) is 0 Å². The minimum Gasteiger partial charge on any atom is -0.594 e. The highest BCUT2D eigenvalue weighted by Crippen LogP contribution is 2.20. The van der Waals surface area contributed by atoms with E-state index in [4.69, 9.17) is 5.11 Å². The van der Waals surface area contributed by atoms with Crippen molar-refractivity contribution < 1.29 is 9.97 Å². The minimum absolute atomic E-state index is 0.0502. The number of aryl methyl sites for hydroxylation is 5. The van der Waals surface area contributed by atoms with E-state index in [2.05, 4.69) is 42.3 Å². The fraction of sp³-hybridized carbons (Fsp3) is 0.318. The zero-order valence-corrected chi connectivity index (χ0v) is 17.0. The van der Waals surface area contributed by atoms with Crippen LogP contribution in [0.5, 0.6) is 0 Å². The van der Waals surface area contributed by atoms with E-state index >= 15 is 0 Å². The van der Waals surface area contributed by atoms with E-state index in [0.29, 0.717) is 16.2 Å². The Labute approximate surface area is 169 Å². The van der Waals surface area contributed by atoms with Crippen molar-refractivity contribution in [2.45, 2.75) is 40.2 Å². The summed E-state index contributed by atoms with van der Waals surface area (Å²) >= 11 is 0. The lowest BCUT2D eigenvalue weighted by molar-refractivity contribution is -0.435. The molecule has 2 aromatic carbocycles. The summed E-state index contributed by atoms with van der Waals surface area (Å²) in [5.41, 5.74) is 5.30. The molecular weight excluding hydrogens is 368 g/mol. The maximum absolute atomic E-state index is 12.5. The molecule has 3 aromatic rings. The lowest BCUT2D eigenvalue weighted by Crippen LogP contribution is -2.18. The molecule has 0 radical (unpaired) electrons. The Morgan fingerprint density at radius 3 is 2.69 bits per heavy atom. The number of benzene rings is 2. The number of H-pyrrole nitrogens is 1. The van der Waals surface area contributed by atoms with Gasteiger partial charge in [-0.3, -0.25) is 9.89 Å². The Hall–Kier alpha value is -3.19. The quantitative estimate of drug-likeness (QED) is 0.362. The molecule has 3 rings (SSSR count). The highest BCUT2D eigenvalue weighted by Gasteiger charge is 2.15. The van der Waals surface area contributed by atoms with Gasteiger partial charge in [-0.15, -0.1) is 0 Å². The van der Waals surface area contributed by atoms with Gasteiger partial charge in [0.2, 0.25) is 11.4 Å². The van der Waals surface area contributed by atoms with E-state index in [0.717, 1.165) is 18.4 Å². The Morgan fingerprint density at radius 2 is 1.93 bits per heavy atom. The summed E-state index contributed by atoms with van der Waals surface area (Å²) in [4.78, 5) is 12.8. The van der Waals surface area contributed by atoms with Gasteiger partial charge in [-0.1, -0.05) is 35.9 Å². The molecule has 0 aliphatic carbocycles. The number of azo groups is 1. The number of aromatic nitrogens is 2. The molecule has 0 fully saturated rings. The number of aliphatic hydroxyl groups excluding tert-OH is 1. The Bertz CT molecular complexity index is 1100. The smallest absolute Gasteiger partial charge is 0.298 e. The van der Waals surface area contributed by atoms with E-state index in [1.54, 1.807) is 19.1 Å². The van der Waals surface area contributed by atoms with Crippen molar-refractivity contribution in [3.05, 3.63) is 86.0 Å². The van der Waals surface area contributed by atoms with Gasteiger partial charge in [-0.25, -0.2) is 4.68 Å². The molecule has 1 heterocycles. The second-order valence-electron chi connectivity index (χ2n) is 7.24. The van der Waals surface area contributed by atoms with Crippen LogP contribution in [0.25, 0.3) is 0 Å². The van der Waals surface area contributed by atoms with Gasteiger partial charge in [0.1, 0.15) is 0 Å². The predicted molar refractivity (Wildman–Crippen MR) is 112 cm³/mol. The highest BCUT2D eigenvalue weighted by atomic mass is 16.5. The Balaban J connectivity index is 1.81. The third-order valence-corrected chi connectivity index (χ3v) is 4.94. The maximum Gasteiger partial charge on any atom is 0.298 e. The van der Waals surface area contributed by atoms with Crippen LogP contribution in [0.15, 0.2) is 52.4 Å². The van der Waals surface area contributed by atoms with Gasteiger partial charge in [0.25, 0.3) is 5.56 Å². The third kappa shape index (κ3) is 4.81. The van der Waals surface area contributed by atoms with Crippen LogP contribution in [0, 0.1) is 26.0 Å². The van der Waals surface area contributed by atoms with Crippen LogP contribution in [0.4, 0.5) is 11.4 Å². The van der Waals surface area contributed by atoms with E-state index in [1.165, 1.54) is 21.4 Å². The maximum atomic E-state index is 12.5. The zero-order chi connectivity index (χ0) is 21.0. The van der Waals surface area contributed by atoms with Gasteiger partial charge < -0.3 is 10.3 Å². The monoisotopic (exact) mass is 394 g/mol. The van der Waals surface area contributed by atoms with Crippen molar-refractivity contribution in [1.82, 2.24) is 9.78 Å². The van der Waals surface area contributed by atoms with Crippen molar-refractivity contribution in [2.75, 3.05) is 6.61 Å². The molecule has 0 spiro atoms. The SMILES string of the molecule is Cc1ccc(C)c(CCc2cccc([N+]([O-])=Nc3c(C)[nH]n(CCO)c3=O)c2)c1. The molecule has 0 unspecified atom stereocenters. The number of aliphatic hydroxyl groups is 1. The molecule has 29 heavy (non-hydrogen) atoms. The van der Waals surface area contributed by atoms with Crippen LogP contribution in [0.1, 0.15) is 27.9 Å². The molecule has 0 aliphatic rings. The molecule has 0 bridgehead atoms. The number of hydrogen-bond acceptors (Lipinski definition) is 4. The largest absolute Gasteiger partial charge is 0.594 e. The van der Waals surface area contributed by atoms with Gasteiger partial charge in [-0.2, -0.15) is 0 Å². The summed E-state index contributed by atoms with van der Waals surface area (Å²) < 4.78 is 1.24. The van der Waals surface area contributed by atoms with E-state index in [1.807, 2.05) is 12.1 Å². The van der Waals surface area contributed by atoms with Gasteiger partial charge in [0.15, 0.2) is 0 Å². The van der Waals surface area contributed by atoms with Gasteiger partial charge in [0.05, 0.1) is 18.8 Å². The first kappa shape index (κ1) is 20.5. The fourth-order valence-corrected chi connectivity index (χ4v) is 3.30. The Kier molecular flexibility index (Phi) is 6.29. The number of nitrogens with zero attached hydrogens (tertiary/aromatic N) is 3. The molecule has 152 valence electrons. The van der Waals surface area contributed by atoms with Crippen LogP contribution in [-0.4, -0.2) is 26.4 Å². The van der Waals surface area contributed by atoms with E-state index < -0.39 is 5.56 Å². The summed E-state index contributed by atoms with van der Waals surface area (Å²) in [5.74, 6) is 0. The molecular formula is C22H26N4O3. The van der Waals surface area contributed by atoms with E-state index in [9.17, 15) is 10.0 Å². The number of hydrogen-bond donors (Lipinski definition) is 2. The molecule has 0 saturated heterocycles. The summed E-state index contributed by atoms with van der Waals surface area (Å²) in [7, 11) is 0. The molecule has 0 aliphatic heterocycles. The summed E-state index contributed by atoms with van der Waals surface area (Å²) in [6.07, 6.45) is 1.69. The molecule has 1 aromatic heterocycles. The number of aromatic amines is 1. The highest BCUT2D eigenvalue weighted by molar-refractivity contribution is 5.39. The molecule has 0 amide bonds. The van der Waals surface area contributed by atoms with Gasteiger partial charge >= 0.3 is 0 Å².